The van der Waals surface area contributed by atoms with Crippen molar-refractivity contribution in [3.8, 4) is 0 Å². The molecule has 1 aliphatic heterocycles. The molecule has 0 unspecified atom stereocenters. The molecule has 0 saturated carbocycles. The van der Waals surface area contributed by atoms with Gasteiger partial charge in [0.1, 0.15) is 0 Å². The van der Waals surface area contributed by atoms with Gasteiger partial charge in [-0.15, -0.1) is 0 Å². The van der Waals surface area contributed by atoms with Gasteiger partial charge in [0.25, 0.3) is 0 Å². The molecule has 19 heavy (non-hydrogen) atoms. The van der Waals surface area contributed by atoms with Gasteiger partial charge >= 0.3 is 0 Å². The van der Waals surface area contributed by atoms with Gasteiger partial charge in [-0.2, -0.15) is 0 Å². The molecule has 2 rings (SSSR count). The first-order valence-corrected chi connectivity index (χ1v) is 6.60. The Morgan fingerprint density at radius 1 is 1.16 bits per heavy atom. The molecule has 0 aliphatic carbocycles. The molecule has 0 N–H and O–H groups in total. The standard InChI is InChI=1S/C14H19N3O2/c1-12(18)16-8-10-17(11-9-16)14(19)6-5-13-4-2-3-7-15-13/h2-4,7H,5-6,8-11H2,1H3. The van der Waals surface area contributed by atoms with Gasteiger partial charge in [-0.3, -0.25) is 14.6 Å². The van der Waals surface area contributed by atoms with Crippen molar-refractivity contribution in [1.82, 2.24) is 14.8 Å². The third kappa shape index (κ3) is 3.77. The van der Waals surface area contributed by atoms with Crippen molar-refractivity contribution in [2.24, 2.45) is 0 Å². The van der Waals surface area contributed by atoms with Crippen LogP contribution in [-0.4, -0.2) is 52.8 Å². The van der Waals surface area contributed by atoms with E-state index in [0.29, 0.717) is 39.0 Å². The Labute approximate surface area is 113 Å². The predicted molar refractivity (Wildman–Crippen MR) is 71.4 cm³/mol. The van der Waals surface area contributed by atoms with Crippen LogP contribution in [0, 0.1) is 0 Å². The minimum absolute atomic E-state index is 0.0839. The highest BCUT2D eigenvalue weighted by atomic mass is 16.2. The van der Waals surface area contributed by atoms with Gasteiger partial charge in [0, 0.05) is 51.4 Å². The highest BCUT2D eigenvalue weighted by Gasteiger charge is 2.21. The fourth-order valence-electron chi connectivity index (χ4n) is 2.21. The van der Waals surface area contributed by atoms with Crippen LogP contribution in [0.4, 0.5) is 0 Å². The lowest BCUT2D eigenvalue weighted by Crippen LogP contribution is -2.50. The largest absolute Gasteiger partial charge is 0.339 e. The fourth-order valence-corrected chi connectivity index (χ4v) is 2.21. The van der Waals surface area contributed by atoms with Crippen LogP contribution in [0.5, 0.6) is 0 Å². The summed E-state index contributed by atoms with van der Waals surface area (Å²) in [6, 6.07) is 5.73. The van der Waals surface area contributed by atoms with Gasteiger partial charge in [0.15, 0.2) is 0 Å². The number of amides is 2. The number of aromatic nitrogens is 1. The Bertz CT molecular complexity index is 439. The van der Waals surface area contributed by atoms with E-state index in [0.717, 1.165) is 5.69 Å². The molecule has 1 fully saturated rings. The summed E-state index contributed by atoms with van der Waals surface area (Å²) in [6.07, 6.45) is 2.90. The molecule has 1 aromatic rings. The van der Waals surface area contributed by atoms with E-state index in [9.17, 15) is 9.59 Å². The monoisotopic (exact) mass is 261 g/mol. The summed E-state index contributed by atoms with van der Waals surface area (Å²) in [5, 5.41) is 0. The van der Waals surface area contributed by atoms with Gasteiger partial charge in [-0.1, -0.05) is 6.07 Å². The van der Waals surface area contributed by atoms with Crippen LogP contribution in [0.3, 0.4) is 0 Å². The maximum atomic E-state index is 12.0. The maximum Gasteiger partial charge on any atom is 0.223 e. The first-order valence-electron chi connectivity index (χ1n) is 6.60. The summed E-state index contributed by atoms with van der Waals surface area (Å²) in [4.78, 5) is 31.1. The summed E-state index contributed by atoms with van der Waals surface area (Å²) in [6.45, 7) is 4.13. The van der Waals surface area contributed by atoms with Crippen LogP contribution in [0.2, 0.25) is 0 Å². The molecule has 0 radical (unpaired) electrons. The molecule has 0 bridgehead atoms. The molecular weight excluding hydrogens is 242 g/mol. The number of piperazine rings is 1. The van der Waals surface area contributed by atoms with Crippen LogP contribution in [0.15, 0.2) is 24.4 Å². The van der Waals surface area contributed by atoms with Gasteiger partial charge < -0.3 is 9.80 Å². The van der Waals surface area contributed by atoms with Crippen LogP contribution in [0.1, 0.15) is 19.0 Å². The third-order valence-electron chi connectivity index (χ3n) is 3.40. The Balaban J connectivity index is 1.77. The molecule has 1 aliphatic rings. The number of hydrogen-bond donors (Lipinski definition) is 0. The Hall–Kier alpha value is -1.91. The van der Waals surface area contributed by atoms with Crippen molar-refractivity contribution in [2.45, 2.75) is 19.8 Å². The van der Waals surface area contributed by atoms with Crippen LogP contribution in [0.25, 0.3) is 0 Å². The topological polar surface area (TPSA) is 53.5 Å². The summed E-state index contributed by atoms with van der Waals surface area (Å²) in [5.41, 5.74) is 0.943. The van der Waals surface area contributed by atoms with E-state index in [4.69, 9.17) is 0 Å². The maximum absolute atomic E-state index is 12.0. The van der Waals surface area contributed by atoms with Crippen molar-refractivity contribution in [3.63, 3.8) is 0 Å². The molecule has 0 spiro atoms. The Morgan fingerprint density at radius 3 is 2.42 bits per heavy atom. The first kappa shape index (κ1) is 13.5. The Morgan fingerprint density at radius 2 is 1.84 bits per heavy atom. The lowest BCUT2D eigenvalue weighted by Gasteiger charge is -2.34. The first-order chi connectivity index (χ1) is 9.16. The van der Waals surface area contributed by atoms with Crippen LogP contribution < -0.4 is 0 Å². The normalized spacial score (nSPS) is 15.4. The SMILES string of the molecule is CC(=O)N1CCN(C(=O)CCc2ccccn2)CC1. The van der Waals surface area contributed by atoms with E-state index >= 15 is 0 Å². The quantitative estimate of drug-likeness (QED) is 0.805. The summed E-state index contributed by atoms with van der Waals surface area (Å²) < 4.78 is 0. The number of nitrogens with zero attached hydrogens (tertiary/aromatic N) is 3. The molecule has 2 amide bonds. The number of hydrogen-bond acceptors (Lipinski definition) is 3. The predicted octanol–water partition coefficient (Wildman–Crippen LogP) is 0.705. The summed E-state index contributed by atoms with van der Waals surface area (Å²) >= 11 is 0. The van der Waals surface area contributed by atoms with Crippen molar-refractivity contribution in [1.29, 1.82) is 0 Å². The van der Waals surface area contributed by atoms with Gasteiger partial charge in [-0.25, -0.2) is 0 Å². The average Bonchev–Trinajstić information content (AvgIpc) is 2.46. The van der Waals surface area contributed by atoms with Gasteiger partial charge in [0.2, 0.25) is 11.8 Å². The zero-order valence-electron chi connectivity index (χ0n) is 11.2. The highest BCUT2D eigenvalue weighted by molar-refractivity contribution is 5.77. The van der Waals surface area contributed by atoms with Gasteiger partial charge in [-0.05, 0) is 18.6 Å². The number of rotatable bonds is 3. The number of carbonyl (C=O) groups is 2. The summed E-state index contributed by atoms with van der Waals surface area (Å²) in [5.74, 6) is 0.231. The number of carbonyl (C=O) groups excluding carboxylic acids is 2. The lowest BCUT2D eigenvalue weighted by atomic mass is 10.2. The smallest absolute Gasteiger partial charge is 0.223 e. The van der Waals surface area contributed by atoms with E-state index in [1.165, 1.54) is 0 Å². The van der Waals surface area contributed by atoms with E-state index < -0.39 is 0 Å². The van der Waals surface area contributed by atoms with Crippen LogP contribution in [-0.2, 0) is 16.0 Å². The van der Waals surface area contributed by atoms with E-state index in [-0.39, 0.29) is 11.8 Å². The Kier molecular flexibility index (Phi) is 4.49. The van der Waals surface area contributed by atoms with E-state index in [2.05, 4.69) is 4.98 Å². The van der Waals surface area contributed by atoms with Crippen LogP contribution >= 0.6 is 0 Å². The zero-order valence-corrected chi connectivity index (χ0v) is 11.2. The summed E-state index contributed by atoms with van der Waals surface area (Å²) in [7, 11) is 0. The molecule has 0 atom stereocenters. The van der Waals surface area contributed by atoms with Crippen molar-refractivity contribution < 1.29 is 9.59 Å². The molecule has 1 aromatic heterocycles. The number of aryl methyl sites for hydroxylation is 1. The molecule has 0 aromatic carbocycles. The molecule has 102 valence electrons. The molecular formula is C14H19N3O2. The second-order valence-corrected chi connectivity index (χ2v) is 4.71. The van der Waals surface area contributed by atoms with E-state index in [1.807, 2.05) is 23.1 Å². The third-order valence-corrected chi connectivity index (χ3v) is 3.40. The van der Waals surface area contributed by atoms with Crippen molar-refractivity contribution in [2.75, 3.05) is 26.2 Å². The average molecular weight is 261 g/mol. The van der Waals surface area contributed by atoms with Crippen molar-refractivity contribution >= 4 is 11.8 Å². The molecule has 2 heterocycles. The minimum Gasteiger partial charge on any atom is -0.339 e. The fraction of sp³-hybridized carbons (Fsp3) is 0.500. The zero-order chi connectivity index (χ0) is 13.7. The van der Waals surface area contributed by atoms with Gasteiger partial charge in [0.05, 0.1) is 0 Å². The molecule has 1 saturated heterocycles. The highest BCUT2D eigenvalue weighted by Crippen LogP contribution is 2.06. The second kappa shape index (κ2) is 6.31. The molecule has 5 nitrogen and oxygen atoms in total. The van der Waals surface area contributed by atoms with E-state index in [1.54, 1.807) is 18.0 Å². The lowest BCUT2D eigenvalue weighted by molar-refractivity contribution is -0.138. The molecule has 5 heteroatoms. The second-order valence-electron chi connectivity index (χ2n) is 4.71. The number of pyridine rings is 1. The van der Waals surface area contributed by atoms with Crippen molar-refractivity contribution in [3.05, 3.63) is 30.1 Å². The minimum atomic E-state index is 0.0839.